The van der Waals surface area contributed by atoms with Gasteiger partial charge in [-0.15, -0.1) is 0 Å². The van der Waals surface area contributed by atoms with Crippen LogP contribution in [0.4, 0.5) is 5.69 Å². The zero-order valence-electron chi connectivity index (χ0n) is 15.5. The molecular formula is C21H23Cl2N3O2. The number of amides is 2. The van der Waals surface area contributed by atoms with Crippen molar-refractivity contribution < 1.29 is 9.59 Å². The van der Waals surface area contributed by atoms with E-state index in [-0.39, 0.29) is 17.7 Å². The van der Waals surface area contributed by atoms with Gasteiger partial charge in [0.1, 0.15) is 0 Å². The van der Waals surface area contributed by atoms with Gasteiger partial charge in [-0.2, -0.15) is 0 Å². The highest BCUT2D eigenvalue weighted by molar-refractivity contribution is 6.35. The fourth-order valence-electron chi connectivity index (χ4n) is 3.24. The first kappa shape index (κ1) is 20.6. The van der Waals surface area contributed by atoms with Crippen molar-refractivity contribution in [1.29, 1.82) is 0 Å². The lowest BCUT2D eigenvalue weighted by atomic mass is 9.96. The second-order valence-corrected chi connectivity index (χ2v) is 7.76. The monoisotopic (exact) mass is 419 g/mol. The molecule has 28 heavy (non-hydrogen) atoms. The Labute approximate surface area is 175 Å². The SMILES string of the molecule is O=C(CN1CCC(C(=O)Nc2ccccc2)CC1)NCc1ccc(Cl)cc1Cl. The molecule has 0 aromatic heterocycles. The molecule has 0 saturated carbocycles. The first-order chi connectivity index (χ1) is 13.5. The third-order valence-electron chi connectivity index (χ3n) is 4.86. The molecule has 2 N–H and O–H groups in total. The van der Waals surface area contributed by atoms with Crippen molar-refractivity contribution in [2.75, 3.05) is 25.0 Å². The van der Waals surface area contributed by atoms with Crippen molar-refractivity contribution in [3.8, 4) is 0 Å². The van der Waals surface area contributed by atoms with Crippen molar-refractivity contribution >= 4 is 40.7 Å². The fraction of sp³-hybridized carbons (Fsp3) is 0.333. The summed E-state index contributed by atoms with van der Waals surface area (Å²) in [5, 5.41) is 6.95. The van der Waals surface area contributed by atoms with Crippen LogP contribution in [0.3, 0.4) is 0 Å². The lowest BCUT2D eigenvalue weighted by Gasteiger charge is -2.30. The molecule has 0 unspecified atom stereocenters. The van der Waals surface area contributed by atoms with Crippen molar-refractivity contribution in [2.45, 2.75) is 19.4 Å². The van der Waals surface area contributed by atoms with E-state index in [9.17, 15) is 9.59 Å². The molecule has 1 aliphatic heterocycles. The molecule has 0 radical (unpaired) electrons. The number of para-hydroxylation sites is 1. The van der Waals surface area contributed by atoms with Gasteiger partial charge in [0.25, 0.3) is 0 Å². The summed E-state index contributed by atoms with van der Waals surface area (Å²) in [5.41, 5.74) is 1.64. The summed E-state index contributed by atoms with van der Waals surface area (Å²) in [6, 6.07) is 14.7. The Kier molecular flexibility index (Phi) is 7.31. The van der Waals surface area contributed by atoms with Crippen LogP contribution in [0, 0.1) is 5.92 Å². The normalized spacial score (nSPS) is 15.2. The van der Waals surface area contributed by atoms with Crippen molar-refractivity contribution in [3.63, 3.8) is 0 Å². The van der Waals surface area contributed by atoms with E-state index in [1.54, 1.807) is 12.1 Å². The van der Waals surface area contributed by atoms with E-state index in [1.165, 1.54) is 0 Å². The van der Waals surface area contributed by atoms with Crippen LogP contribution in [0.25, 0.3) is 0 Å². The van der Waals surface area contributed by atoms with E-state index in [0.717, 1.165) is 37.2 Å². The summed E-state index contributed by atoms with van der Waals surface area (Å²) in [6.07, 6.45) is 1.49. The highest BCUT2D eigenvalue weighted by Gasteiger charge is 2.25. The minimum atomic E-state index is -0.0572. The molecule has 0 bridgehead atoms. The second kappa shape index (κ2) is 9.92. The first-order valence-electron chi connectivity index (χ1n) is 9.30. The Bertz CT molecular complexity index is 822. The molecule has 0 spiro atoms. The summed E-state index contributed by atoms with van der Waals surface area (Å²) < 4.78 is 0. The van der Waals surface area contributed by atoms with Crippen LogP contribution in [-0.4, -0.2) is 36.3 Å². The van der Waals surface area contributed by atoms with Gasteiger partial charge in [0.2, 0.25) is 11.8 Å². The Hall–Kier alpha value is -2.08. The molecule has 1 heterocycles. The second-order valence-electron chi connectivity index (χ2n) is 6.92. The number of hydrogen-bond donors (Lipinski definition) is 2. The lowest BCUT2D eigenvalue weighted by molar-refractivity contribution is -0.123. The fourth-order valence-corrected chi connectivity index (χ4v) is 3.71. The molecule has 3 rings (SSSR count). The minimum absolute atomic E-state index is 0.0209. The number of carbonyl (C=O) groups is 2. The van der Waals surface area contributed by atoms with Gasteiger partial charge in [-0.1, -0.05) is 47.5 Å². The number of hydrogen-bond acceptors (Lipinski definition) is 3. The molecular weight excluding hydrogens is 397 g/mol. The summed E-state index contributed by atoms with van der Waals surface area (Å²) in [7, 11) is 0. The van der Waals surface area contributed by atoms with Crippen LogP contribution in [0.5, 0.6) is 0 Å². The molecule has 1 fully saturated rings. The minimum Gasteiger partial charge on any atom is -0.351 e. The highest BCUT2D eigenvalue weighted by Crippen LogP contribution is 2.21. The summed E-state index contributed by atoms with van der Waals surface area (Å²) in [4.78, 5) is 26.7. The van der Waals surface area contributed by atoms with Crippen LogP contribution in [0.2, 0.25) is 10.0 Å². The molecule has 5 nitrogen and oxygen atoms in total. The van der Waals surface area contributed by atoms with Crippen LogP contribution < -0.4 is 10.6 Å². The van der Waals surface area contributed by atoms with E-state index in [1.807, 2.05) is 36.4 Å². The molecule has 2 aromatic carbocycles. The van der Waals surface area contributed by atoms with E-state index in [2.05, 4.69) is 15.5 Å². The summed E-state index contributed by atoms with van der Waals surface area (Å²) in [5.74, 6) is -0.0294. The maximum absolute atomic E-state index is 12.4. The van der Waals surface area contributed by atoms with Gasteiger partial charge < -0.3 is 10.6 Å². The van der Waals surface area contributed by atoms with Crippen LogP contribution >= 0.6 is 23.2 Å². The van der Waals surface area contributed by atoms with Gasteiger partial charge in [-0.05, 0) is 55.8 Å². The Morgan fingerprint density at radius 3 is 2.43 bits per heavy atom. The number of likely N-dealkylation sites (tertiary alicyclic amines) is 1. The number of nitrogens with zero attached hydrogens (tertiary/aromatic N) is 1. The molecule has 0 atom stereocenters. The van der Waals surface area contributed by atoms with Crippen molar-refractivity contribution in [3.05, 3.63) is 64.1 Å². The average molecular weight is 420 g/mol. The average Bonchev–Trinajstić information content (AvgIpc) is 2.68. The number of anilines is 1. The van der Waals surface area contributed by atoms with Gasteiger partial charge in [-0.3, -0.25) is 14.5 Å². The molecule has 1 saturated heterocycles. The van der Waals surface area contributed by atoms with E-state index >= 15 is 0 Å². The number of nitrogens with one attached hydrogen (secondary N) is 2. The zero-order chi connectivity index (χ0) is 19.9. The Morgan fingerprint density at radius 2 is 1.75 bits per heavy atom. The van der Waals surface area contributed by atoms with Crippen molar-refractivity contribution in [2.24, 2.45) is 5.92 Å². The maximum Gasteiger partial charge on any atom is 0.234 e. The standard InChI is InChI=1S/C21H23Cl2N3O2/c22-17-7-6-16(19(23)12-17)13-24-20(27)14-26-10-8-15(9-11-26)21(28)25-18-4-2-1-3-5-18/h1-7,12,15H,8-11,13-14H2,(H,24,27)(H,25,28). The van der Waals surface area contributed by atoms with E-state index < -0.39 is 0 Å². The van der Waals surface area contributed by atoms with Gasteiger partial charge in [0, 0.05) is 28.2 Å². The van der Waals surface area contributed by atoms with Crippen LogP contribution in [-0.2, 0) is 16.1 Å². The number of halogens is 2. The van der Waals surface area contributed by atoms with E-state index in [4.69, 9.17) is 23.2 Å². The number of piperidine rings is 1. The van der Waals surface area contributed by atoms with E-state index in [0.29, 0.717) is 23.1 Å². The Balaban J connectivity index is 1.40. The van der Waals surface area contributed by atoms with Crippen LogP contribution in [0.15, 0.2) is 48.5 Å². The number of rotatable bonds is 6. The maximum atomic E-state index is 12.4. The first-order valence-corrected chi connectivity index (χ1v) is 10.1. The summed E-state index contributed by atoms with van der Waals surface area (Å²) >= 11 is 12.0. The topological polar surface area (TPSA) is 61.4 Å². The van der Waals surface area contributed by atoms with Gasteiger partial charge in [0.05, 0.1) is 6.54 Å². The number of benzene rings is 2. The predicted molar refractivity (Wildman–Crippen MR) is 113 cm³/mol. The molecule has 2 aromatic rings. The third-order valence-corrected chi connectivity index (χ3v) is 5.44. The van der Waals surface area contributed by atoms with Crippen molar-refractivity contribution in [1.82, 2.24) is 10.2 Å². The number of carbonyl (C=O) groups excluding carboxylic acids is 2. The Morgan fingerprint density at radius 1 is 1.04 bits per heavy atom. The smallest absolute Gasteiger partial charge is 0.234 e. The summed E-state index contributed by atoms with van der Waals surface area (Å²) in [6.45, 7) is 2.13. The highest BCUT2D eigenvalue weighted by atomic mass is 35.5. The van der Waals surface area contributed by atoms with Gasteiger partial charge >= 0.3 is 0 Å². The largest absolute Gasteiger partial charge is 0.351 e. The third kappa shape index (κ3) is 5.96. The quantitative estimate of drug-likeness (QED) is 0.744. The predicted octanol–water partition coefficient (Wildman–Crippen LogP) is 3.96. The molecule has 1 aliphatic rings. The molecule has 2 amide bonds. The van der Waals surface area contributed by atoms with Gasteiger partial charge in [-0.25, -0.2) is 0 Å². The lowest BCUT2D eigenvalue weighted by Crippen LogP contribution is -2.43. The molecule has 148 valence electrons. The van der Waals surface area contributed by atoms with Gasteiger partial charge in [0.15, 0.2) is 0 Å². The molecule has 0 aliphatic carbocycles. The molecule has 7 heteroatoms. The zero-order valence-corrected chi connectivity index (χ0v) is 17.0. The van der Waals surface area contributed by atoms with Crippen LogP contribution in [0.1, 0.15) is 18.4 Å².